The van der Waals surface area contributed by atoms with Gasteiger partial charge >= 0.3 is 6.01 Å². The molecule has 1 rings (SSSR count). The molecule has 1 unspecified atom stereocenters. The zero-order chi connectivity index (χ0) is 15.5. The molecular formula is C15H29N5O. The van der Waals surface area contributed by atoms with Gasteiger partial charge in [-0.05, 0) is 26.7 Å². The molecule has 1 aromatic rings. The van der Waals surface area contributed by atoms with Gasteiger partial charge in [-0.2, -0.15) is 15.0 Å². The number of ether oxygens (including phenoxy) is 1. The molecule has 2 N–H and O–H groups in total. The van der Waals surface area contributed by atoms with Gasteiger partial charge < -0.3 is 15.4 Å². The van der Waals surface area contributed by atoms with Gasteiger partial charge in [-0.3, -0.25) is 0 Å². The second kappa shape index (κ2) is 10.2. The molecule has 1 atom stereocenters. The van der Waals surface area contributed by atoms with Gasteiger partial charge in [0.25, 0.3) is 0 Å². The van der Waals surface area contributed by atoms with Crippen molar-refractivity contribution in [1.82, 2.24) is 15.0 Å². The van der Waals surface area contributed by atoms with E-state index >= 15 is 0 Å². The number of hydrogen-bond donors (Lipinski definition) is 2. The number of anilines is 2. The van der Waals surface area contributed by atoms with Crippen LogP contribution in [0.25, 0.3) is 0 Å². The lowest BCUT2D eigenvalue weighted by Gasteiger charge is -2.15. The third-order valence-corrected chi connectivity index (χ3v) is 3.00. The second-order valence-corrected chi connectivity index (χ2v) is 5.19. The van der Waals surface area contributed by atoms with Gasteiger partial charge in [0.1, 0.15) is 0 Å². The predicted molar refractivity (Wildman–Crippen MR) is 87.0 cm³/mol. The fraction of sp³-hybridized carbons (Fsp3) is 0.800. The maximum Gasteiger partial charge on any atom is 0.323 e. The molecule has 0 radical (unpaired) electrons. The molecular weight excluding hydrogens is 266 g/mol. The largest absolute Gasteiger partial charge is 0.463 e. The average molecular weight is 295 g/mol. The Kier molecular flexibility index (Phi) is 8.47. The van der Waals surface area contributed by atoms with Crippen molar-refractivity contribution >= 4 is 11.9 Å². The zero-order valence-corrected chi connectivity index (χ0v) is 13.8. The molecule has 6 nitrogen and oxygen atoms in total. The Balaban J connectivity index is 2.67. The van der Waals surface area contributed by atoms with Crippen LogP contribution in [0.5, 0.6) is 6.01 Å². The van der Waals surface area contributed by atoms with Crippen molar-refractivity contribution in [3.05, 3.63) is 0 Å². The van der Waals surface area contributed by atoms with E-state index < -0.39 is 0 Å². The number of unbranched alkanes of at least 4 members (excludes halogenated alkanes) is 2. The summed E-state index contributed by atoms with van der Waals surface area (Å²) in [6, 6.07) is 0.721. The highest BCUT2D eigenvalue weighted by atomic mass is 16.5. The number of nitrogens with one attached hydrogen (secondary N) is 2. The summed E-state index contributed by atoms with van der Waals surface area (Å²) in [7, 11) is 0. The van der Waals surface area contributed by atoms with Crippen LogP contribution >= 0.6 is 0 Å². The maximum atomic E-state index is 5.52. The van der Waals surface area contributed by atoms with Crippen LogP contribution in [0, 0.1) is 0 Å². The van der Waals surface area contributed by atoms with E-state index in [0.717, 1.165) is 19.4 Å². The predicted octanol–water partition coefficient (Wildman–Crippen LogP) is 3.47. The molecule has 1 heterocycles. The molecule has 0 aliphatic heterocycles. The minimum atomic E-state index is 0.340. The standard InChI is InChI=1S/C15H29N5O/c1-5-8-9-10-12(4)17-14-18-13(16-7-3)19-15(20-14)21-11-6-2/h12H,5-11H2,1-4H3,(H2,16,17,18,19,20). The van der Waals surface area contributed by atoms with E-state index in [-0.39, 0.29) is 0 Å². The smallest absolute Gasteiger partial charge is 0.323 e. The molecule has 0 saturated heterocycles. The Bertz CT molecular complexity index is 400. The lowest BCUT2D eigenvalue weighted by molar-refractivity contribution is 0.292. The quantitative estimate of drug-likeness (QED) is 0.609. The van der Waals surface area contributed by atoms with Crippen molar-refractivity contribution in [1.29, 1.82) is 0 Å². The van der Waals surface area contributed by atoms with E-state index in [2.05, 4.69) is 46.4 Å². The van der Waals surface area contributed by atoms with E-state index in [4.69, 9.17) is 4.74 Å². The maximum absolute atomic E-state index is 5.52. The third kappa shape index (κ3) is 7.11. The Labute approximate surface area is 128 Å². The van der Waals surface area contributed by atoms with Crippen LogP contribution in [0.1, 0.15) is 59.8 Å². The van der Waals surface area contributed by atoms with Crippen LogP contribution in [0.3, 0.4) is 0 Å². The molecule has 21 heavy (non-hydrogen) atoms. The van der Waals surface area contributed by atoms with Gasteiger partial charge in [0.15, 0.2) is 0 Å². The number of aromatic nitrogens is 3. The Morgan fingerprint density at radius 3 is 2.43 bits per heavy atom. The number of nitrogens with zero attached hydrogens (tertiary/aromatic N) is 3. The summed E-state index contributed by atoms with van der Waals surface area (Å²) < 4.78 is 5.52. The molecule has 0 amide bonds. The molecule has 1 aromatic heterocycles. The van der Waals surface area contributed by atoms with Gasteiger partial charge in [0.05, 0.1) is 6.61 Å². The third-order valence-electron chi connectivity index (χ3n) is 3.00. The number of rotatable bonds is 11. The summed E-state index contributed by atoms with van der Waals surface area (Å²) in [6.07, 6.45) is 5.75. The van der Waals surface area contributed by atoms with E-state index in [0.29, 0.717) is 30.6 Å². The first kappa shape index (κ1) is 17.5. The Morgan fingerprint density at radius 1 is 1.00 bits per heavy atom. The molecule has 0 spiro atoms. The Hall–Kier alpha value is -1.59. The highest BCUT2D eigenvalue weighted by Crippen LogP contribution is 2.14. The monoisotopic (exact) mass is 295 g/mol. The lowest BCUT2D eigenvalue weighted by atomic mass is 10.1. The lowest BCUT2D eigenvalue weighted by Crippen LogP contribution is -2.18. The zero-order valence-electron chi connectivity index (χ0n) is 13.8. The minimum absolute atomic E-state index is 0.340. The van der Waals surface area contributed by atoms with Crippen LogP contribution in [-0.4, -0.2) is 34.1 Å². The molecule has 0 aromatic carbocycles. The van der Waals surface area contributed by atoms with Crippen LogP contribution in [-0.2, 0) is 0 Å². The normalized spacial score (nSPS) is 12.0. The summed E-state index contributed by atoms with van der Waals surface area (Å²) in [4.78, 5) is 12.9. The highest BCUT2D eigenvalue weighted by molar-refractivity contribution is 5.36. The van der Waals surface area contributed by atoms with E-state index in [1.165, 1.54) is 19.3 Å². The topological polar surface area (TPSA) is 72.0 Å². The molecule has 0 saturated carbocycles. The van der Waals surface area contributed by atoms with E-state index in [1.54, 1.807) is 0 Å². The van der Waals surface area contributed by atoms with Gasteiger partial charge in [-0.1, -0.05) is 33.1 Å². The highest BCUT2D eigenvalue weighted by Gasteiger charge is 2.09. The Morgan fingerprint density at radius 2 is 1.76 bits per heavy atom. The van der Waals surface area contributed by atoms with Crippen molar-refractivity contribution < 1.29 is 4.74 Å². The van der Waals surface area contributed by atoms with E-state index in [1.807, 2.05) is 6.92 Å². The second-order valence-electron chi connectivity index (χ2n) is 5.19. The molecule has 6 heteroatoms. The van der Waals surface area contributed by atoms with Gasteiger partial charge in [-0.25, -0.2) is 0 Å². The minimum Gasteiger partial charge on any atom is -0.463 e. The van der Waals surface area contributed by atoms with Crippen molar-refractivity contribution in [3.63, 3.8) is 0 Å². The van der Waals surface area contributed by atoms with Gasteiger partial charge in [-0.15, -0.1) is 0 Å². The van der Waals surface area contributed by atoms with Gasteiger partial charge in [0, 0.05) is 12.6 Å². The summed E-state index contributed by atoms with van der Waals surface area (Å²) in [5.41, 5.74) is 0. The molecule has 0 aliphatic rings. The fourth-order valence-electron chi connectivity index (χ4n) is 1.91. The van der Waals surface area contributed by atoms with Crippen molar-refractivity contribution in [2.75, 3.05) is 23.8 Å². The molecule has 0 aliphatic carbocycles. The summed E-state index contributed by atoms with van der Waals surface area (Å²) in [5.74, 6) is 1.14. The van der Waals surface area contributed by atoms with Crippen LogP contribution < -0.4 is 15.4 Å². The molecule has 120 valence electrons. The van der Waals surface area contributed by atoms with E-state index in [9.17, 15) is 0 Å². The first-order valence-electron chi connectivity index (χ1n) is 8.08. The summed E-state index contributed by atoms with van der Waals surface area (Å²) in [5, 5.41) is 6.44. The van der Waals surface area contributed by atoms with Crippen LogP contribution in [0.2, 0.25) is 0 Å². The average Bonchev–Trinajstić information content (AvgIpc) is 2.45. The van der Waals surface area contributed by atoms with Crippen LogP contribution in [0.4, 0.5) is 11.9 Å². The summed E-state index contributed by atoms with van der Waals surface area (Å²) in [6.45, 7) is 9.81. The first-order valence-corrected chi connectivity index (χ1v) is 8.08. The summed E-state index contributed by atoms with van der Waals surface area (Å²) >= 11 is 0. The van der Waals surface area contributed by atoms with Gasteiger partial charge in [0.2, 0.25) is 11.9 Å². The SMILES string of the molecule is CCCCCC(C)Nc1nc(NCC)nc(OCCC)n1. The van der Waals surface area contributed by atoms with Crippen LogP contribution in [0.15, 0.2) is 0 Å². The molecule has 0 fully saturated rings. The number of hydrogen-bond acceptors (Lipinski definition) is 6. The van der Waals surface area contributed by atoms with Crippen molar-refractivity contribution in [3.8, 4) is 6.01 Å². The fourth-order valence-corrected chi connectivity index (χ4v) is 1.91. The van der Waals surface area contributed by atoms with Crippen molar-refractivity contribution in [2.45, 2.75) is 65.8 Å². The van der Waals surface area contributed by atoms with Crippen molar-refractivity contribution in [2.24, 2.45) is 0 Å². The first-order chi connectivity index (χ1) is 10.2. The molecule has 0 bridgehead atoms.